The van der Waals surface area contributed by atoms with Gasteiger partial charge in [-0.15, -0.1) is 0 Å². The van der Waals surface area contributed by atoms with Crippen molar-refractivity contribution in [1.29, 1.82) is 0 Å². The van der Waals surface area contributed by atoms with Crippen LogP contribution < -0.4 is 15.5 Å². The standard InChI is InChI=1S/C19H23N5O/c1-5-15-6-8-16(9-7-15)24-17(25)11-14(4)22-19(24)23-18-20-12(2)10-13(3)21-18/h6-11,19,22H,5H2,1-4H3,(H,20,21,23). The van der Waals surface area contributed by atoms with E-state index in [9.17, 15) is 4.79 Å². The Labute approximate surface area is 148 Å². The number of amides is 1. The molecule has 0 bridgehead atoms. The van der Waals surface area contributed by atoms with Crippen LogP contribution in [0.4, 0.5) is 11.6 Å². The van der Waals surface area contributed by atoms with Gasteiger partial charge in [0, 0.05) is 28.8 Å². The number of anilines is 2. The first-order chi connectivity index (χ1) is 12.0. The molecule has 6 heteroatoms. The van der Waals surface area contributed by atoms with Crippen LogP contribution in [-0.2, 0) is 11.2 Å². The molecule has 0 radical (unpaired) electrons. The average Bonchev–Trinajstić information content (AvgIpc) is 2.53. The van der Waals surface area contributed by atoms with Gasteiger partial charge in [0.15, 0.2) is 6.29 Å². The molecule has 0 aliphatic carbocycles. The van der Waals surface area contributed by atoms with Crippen molar-refractivity contribution >= 4 is 17.5 Å². The third-order valence-electron chi connectivity index (χ3n) is 4.07. The van der Waals surface area contributed by atoms with Crippen molar-refractivity contribution in [3.8, 4) is 0 Å². The van der Waals surface area contributed by atoms with E-state index in [1.54, 1.807) is 11.0 Å². The predicted molar refractivity (Wildman–Crippen MR) is 99.1 cm³/mol. The minimum Gasteiger partial charge on any atom is -0.351 e. The van der Waals surface area contributed by atoms with Crippen LogP contribution in [0, 0.1) is 13.8 Å². The molecule has 25 heavy (non-hydrogen) atoms. The van der Waals surface area contributed by atoms with Gasteiger partial charge in [-0.3, -0.25) is 9.69 Å². The van der Waals surface area contributed by atoms with Crippen LogP contribution >= 0.6 is 0 Å². The Bertz CT molecular complexity index is 793. The third kappa shape index (κ3) is 3.79. The molecule has 0 fully saturated rings. The third-order valence-corrected chi connectivity index (χ3v) is 4.07. The second-order valence-electron chi connectivity index (χ2n) is 6.22. The number of aryl methyl sites for hydroxylation is 3. The highest BCUT2D eigenvalue weighted by Gasteiger charge is 2.28. The lowest BCUT2D eigenvalue weighted by Crippen LogP contribution is -2.56. The first-order valence-corrected chi connectivity index (χ1v) is 8.42. The van der Waals surface area contributed by atoms with Crippen molar-refractivity contribution in [2.75, 3.05) is 10.2 Å². The van der Waals surface area contributed by atoms with Crippen LogP contribution in [0.1, 0.15) is 30.8 Å². The van der Waals surface area contributed by atoms with Crippen molar-refractivity contribution in [2.45, 2.75) is 40.4 Å². The Hall–Kier alpha value is -2.89. The molecule has 130 valence electrons. The van der Waals surface area contributed by atoms with Crippen molar-refractivity contribution in [3.63, 3.8) is 0 Å². The fraction of sp³-hybridized carbons (Fsp3) is 0.316. The number of hydrogen-bond acceptors (Lipinski definition) is 5. The maximum absolute atomic E-state index is 12.6. The van der Waals surface area contributed by atoms with Gasteiger partial charge in [-0.05, 0) is 51.0 Å². The Morgan fingerprint density at radius 2 is 1.76 bits per heavy atom. The molecule has 1 aliphatic rings. The molecule has 2 N–H and O–H groups in total. The molecular weight excluding hydrogens is 314 g/mol. The lowest BCUT2D eigenvalue weighted by molar-refractivity contribution is -0.115. The molecule has 0 spiro atoms. The summed E-state index contributed by atoms with van der Waals surface area (Å²) >= 11 is 0. The van der Waals surface area contributed by atoms with E-state index < -0.39 is 6.29 Å². The first kappa shape index (κ1) is 17.0. The highest BCUT2D eigenvalue weighted by Crippen LogP contribution is 2.22. The second-order valence-corrected chi connectivity index (χ2v) is 6.22. The molecule has 2 heterocycles. The van der Waals surface area contributed by atoms with Crippen molar-refractivity contribution < 1.29 is 4.79 Å². The fourth-order valence-electron chi connectivity index (χ4n) is 2.89. The number of benzene rings is 1. The van der Waals surface area contributed by atoms with E-state index in [1.165, 1.54) is 5.56 Å². The highest BCUT2D eigenvalue weighted by molar-refractivity contribution is 6.03. The number of aromatic nitrogens is 2. The SMILES string of the molecule is CCc1ccc(N2C(=O)C=C(C)NC2Nc2nc(C)cc(C)n2)cc1. The van der Waals surface area contributed by atoms with E-state index in [4.69, 9.17) is 0 Å². The molecule has 0 saturated carbocycles. The maximum atomic E-state index is 12.6. The molecule has 1 aromatic heterocycles. The molecule has 3 rings (SSSR count). The van der Waals surface area contributed by atoms with E-state index in [1.807, 2.05) is 51.1 Å². The van der Waals surface area contributed by atoms with Gasteiger partial charge in [0.05, 0.1) is 0 Å². The topological polar surface area (TPSA) is 70.2 Å². The molecule has 1 unspecified atom stereocenters. The van der Waals surface area contributed by atoms with Crippen LogP contribution in [0.15, 0.2) is 42.1 Å². The van der Waals surface area contributed by atoms with E-state index >= 15 is 0 Å². The summed E-state index contributed by atoms with van der Waals surface area (Å²) in [6.45, 7) is 7.82. The molecule has 2 aromatic rings. The molecular formula is C19H23N5O. The van der Waals surface area contributed by atoms with Gasteiger partial charge >= 0.3 is 0 Å². The van der Waals surface area contributed by atoms with Crippen LogP contribution in [0.3, 0.4) is 0 Å². The number of rotatable bonds is 4. The van der Waals surface area contributed by atoms with Gasteiger partial charge in [0.2, 0.25) is 5.95 Å². The lowest BCUT2D eigenvalue weighted by atomic mass is 10.1. The Morgan fingerprint density at radius 1 is 1.12 bits per heavy atom. The number of carbonyl (C=O) groups excluding carboxylic acids is 1. The molecule has 1 atom stereocenters. The minimum absolute atomic E-state index is 0.0811. The van der Waals surface area contributed by atoms with Crippen LogP contribution in [0.5, 0.6) is 0 Å². The zero-order valence-electron chi connectivity index (χ0n) is 15.0. The van der Waals surface area contributed by atoms with E-state index in [-0.39, 0.29) is 5.91 Å². The van der Waals surface area contributed by atoms with Crippen LogP contribution in [0.25, 0.3) is 0 Å². The molecule has 0 saturated heterocycles. The largest absolute Gasteiger partial charge is 0.351 e. The van der Waals surface area contributed by atoms with Gasteiger partial charge in [-0.2, -0.15) is 0 Å². The van der Waals surface area contributed by atoms with Crippen molar-refractivity contribution in [3.05, 3.63) is 59.1 Å². The monoisotopic (exact) mass is 337 g/mol. The van der Waals surface area contributed by atoms with E-state index in [2.05, 4.69) is 27.5 Å². The van der Waals surface area contributed by atoms with Crippen LogP contribution in [-0.4, -0.2) is 22.2 Å². The molecule has 1 aliphatic heterocycles. The summed E-state index contributed by atoms with van der Waals surface area (Å²) in [6.07, 6.45) is 2.10. The van der Waals surface area contributed by atoms with Crippen molar-refractivity contribution in [2.24, 2.45) is 0 Å². The number of carbonyl (C=O) groups is 1. The predicted octanol–water partition coefficient (Wildman–Crippen LogP) is 2.89. The highest BCUT2D eigenvalue weighted by atomic mass is 16.2. The van der Waals surface area contributed by atoms with E-state index in [0.717, 1.165) is 29.2 Å². The minimum atomic E-state index is -0.453. The average molecular weight is 337 g/mol. The lowest BCUT2D eigenvalue weighted by Gasteiger charge is -2.36. The number of nitrogens with one attached hydrogen (secondary N) is 2. The van der Waals surface area contributed by atoms with Gasteiger partial charge in [0.25, 0.3) is 5.91 Å². The fourth-order valence-corrected chi connectivity index (χ4v) is 2.89. The summed E-state index contributed by atoms with van der Waals surface area (Å²) in [7, 11) is 0. The second kappa shape index (κ2) is 6.93. The molecule has 1 aromatic carbocycles. The number of allylic oxidation sites excluding steroid dienone is 1. The summed E-state index contributed by atoms with van der Waals surface area (Å²) in [5, 5.41) is 6.52. The van der Waals surface area contributed by atoms with Crippen molar-refractivity contribution in [1.82, 2.24) is 15.3 Å². The number of hydrogen-bond donors (Lipinski definition) is 2. The quantitative estimate of drug-likeness (QED) is 0.898. The Morgan fingerprint density at radius 3 is 2.36 bits per heavy atom. The zero-order chi connectivity index (χ0) is 18.0. The van der Waals surface area contributed by atoms with Gasteiger partial charge < -0.3 is 10.6 Å². The summed E-state index contributed by atoms with van der Waals surface area (Å²) in [5.74, 6) is 0.412. The van der Waals surface area contributed by atoms with Gasteiger partial charge in [-0.25, -0.2) is 9.97 Å². The number of nitrogens with zero attached hydrogens (tertiary/aromatic N) is 3. The van der Waals surface area contributed by atoms with Gasteiger partial charge in [0.1, 0.15) is 0 Å². The Balaban J connectivity index is 1.93. The first-order valence-electron chi connectivity index (χ1n) is 8.42. The maximum Gasteiger partial charge on any atom is 0.255 e. The normalized spacial score (nSPS) is 17.1. The van der Waals surface area contributed by atoms with E-state index in [0.29, 0.717) is 5.95 Å². The zero-order valence-corrected chi connectivity index (χ0v) is 15.0. The summed E-state index contributed by atoms with van der Waals surface area (Å²) in [6, 6.07) is 9.92. The molecule has 6 nitrogen and oxygen atoms in total. The van der Waals surface area contributed by atoms with Gasteiger partial charge in [-0.1, -0.05) is 19.1 Å². The summed E-state index contributed by atoms with van der Waals surface area (Å²) in [5.41, 5.74) is 4.61. The molecule has 1 amide bonds. The van der Waals surface area contributed by atoms with Crippen LogP contribution in [0.2, 0.25) is 0 Å². The summed E-state index contributed by atoms with van der Waals surface area (Å²) in [4.78, 5) is 23.1. The smallest absolute Gasteiger partial charge is 0.255 e. The Kier molecular flexibility index (Phi) is 4.70. The summed E-state index contributed by atoms with van der Waals surface area (Å²) < 4.78 is 0.